The van der Waals surface area contributed by atoms with E-state index in [1.807, 2.05) is 0 Å². The van der Waals surface area contributed by atoms with Crippen molar-refractivity contribution in [3.63, 3.8) is 0 Å². The van der Waals surface area contributed by atoms with Gasteiger partial charge in [0.1, 0.15) is 11.4 Å². The molecule has 1 aliphatic carbocycles. The summed E-state index contributed by atoms with van der Waals surface area (Å²) in [6.45, 7) is 0. The van der Waals surface area contributed by atoms with Crippen LogP contribution in [0, 0.1) is 17.8 Å². The lowest BCUT2D eigenvalue weighted by Crippen LogP contribution is -2.14. The van der Waals surface area contributed by atoms with Crippen LogP contribution in [0.25, 0.3) is 11.1 Å². The van der Waals surface area contributed by atoms with Crippen LogP contribution in [0.15, 0.2) is 36.8 Å². The Morgan fingerprint density at radius 3 is 2.73 bits per heavy atom. The molecule has 4 aromatic heterocycles. The number of hydrogen-bond acceptors (Lipinski definition) is 9. The number of rotatable bonds is 7. The summed E-state index contributed by atoms with van der Waals surface area (Å²) in [7, 11) is 3.10. The highest BCUT2D eigenvalue weighted by molar-refractivity contribution is 7.15. The molecule has 13 heteroatoms. The minimum atomic E-state index is -2.83. The fraction of sp³-hybridized carbons (Fsp3) is 0.250. The Morgan fingerprint density at radius 1 is 1.19 bits per heavy atom. The van der Waals surface area contributed by atoms with Gasteiger partial charge in [-0.05, 0) is 24.8 Å². The number of pyridine rings is 2. The predicted molar refractivity (Wildman–Crippen MR) is 130 cm³/mol. The van der Waals surface area contributed by atoms with Gasteiger partial charge in [0.25, 0.3) is 12.3 Å². The average Bonchev–Trinajstić information content (AvgIpc) is 3.48. The van der Waals surface area contributed by atoms with E-state index >= 15 is 0 Å². The Kier molecular flexibility index (Phi) is 6.74. The summed E-state index contributed by atoms with van der Waals surface area (Å²) in [5.74, 6) is 6.40. The molecule has 4 aromatic rings. The molecule has 10 nitrogen and oxygen atoms in total. The smallest absolute Gasteiger partial charge is 0.280 e. The molecule has 0 saturated heterocycles. The van der Waals surface area contributed by atoms with Crippen LogP contribution in [-0.4, -0.2) is 43.0 Å². The van der Waals surface area contributed by atoms with Gasteiger partial charge in [0.2, 0.25) is 16.9 Å². The van der Waals surface area contributed by atoms with Crippen LogP contribution in [0.4, 0.5) is 13.9 Å². The molecule has 0 radical (unpaired) electrons. The van der Waals surface area contributed by atoms with Crippen LogP contribution in [0.2, 0.25) is 0 Å². The number of nitrogens with zero attached hydrogens (tertiary/aromatic N) is 6. The lowest BCUT2D eigenvalue weighted by atomic mass is 10.00. The van der Waals surface area contributed by atoms with Crippen molar-refractivity contribution < 1.29 is 23.0 Å². The van der Waals surface area contributed by atoms with Crippen LogP contribution in [0.1, 0.15) is 40.3 Å². The normalized spacial score (nSPS) is 12.7. The Balaban J connectivity index is 1.51. The van der Waals surface area contributed by atoms with E-state index in [0.29, 0.717) is 10.9 Å². The Bertz CT molecular complexity index is 1520. The van der Waals surface area contributed by atoms with Crippen molar-refractivity contribution in [3.8, 4) is 40.5 Å². The number of carbonyl (C=O) groups is 1. The first-order valence-electron chi connectivity index (χ1n) is 11.1. The highest BCUT2D eigenvalue weighted by Crippen LogP contribution is 2.37. The second kappa shape index (κ2) is 10.3. The molecular formula is C24H19F2N7O3S. The number of halogens is 2. The van der Waals surface area contributed by atoms with Gasteiger partial charge in [0.05, 0.1) is 18.9 Å². The predicted octanol–water partition coefficient (Wildman–Crippen LogP) is 4.48. The van der Waals surface area contributed by atoms with Gasteiger partial charge in [-0.3, -0.25) is 19.8 Å². The average molecular weight is 524 g/mol. The second-order valence-corrected chi connectivity index (χ2v) is 9.00. The third kappa shape index (κ3) is 5.70. The van der Waals surface area contributed by atoms with Crippen LogP contribution in [0.5, 0.6) is 17.5 Å². The monoisotopic (exact) mass is 523 g/mol. The zero-order chi connectivity index (χ0) is 25.9. The highest BCUT2D eigenvalue weighted by atomic mass is 32.1. The fourth-order valence-electron chi connectivity index (χ4n) is 3.28. The number of alkyl halides is 2. The first kappa shape index (κ1) is 24.3. The van der Waals surface area contributed by atoms with Crippen molar-refractivity contribution in [1.82, 2.24) is 29.9 Å². The summed E-state index contributed by atoms with van der Waals surface area (Å²) in [5.41, 5.74) is 0.0328. The summed E-state index contributed by atoms with van der Waals surface area (Å²) in [5, 5.41) is 15.5. The van der Waals surface area contributed by atoms with Gasteiger partial charge in [0, 0.05) is 48.6 Å². The van der Waals surface area contributed by atoms with Gasteiger partial charge in [-0.25, -0.2) is 13.8 Å². The van der Waals surface area contributed by atoms with E-state index in [1.54, 1.807) is 24.0 Å². The zero-order valence-corrected chi connectivity index (χ0v) is 20.4. The van der Waals surface area contributed by atoms with Crippen molar-refractivity contribution in [2.75, 3.05) is 12.4 Å². The second-order valence-electron chi connectivity index (χ2n) is 8.02. The van der Waals surface area contributed by atoms with Gasteiger partial charge >= 0.3 is 0 Å². The Hall–Kier alpha value is -4.44. The summed E-state index contributed by atoms with van der Waals surface area (Å²) in [6, 6.07) is 4.24. The number of aryl methyl sites for hydroxylation is 1. The molecule has 0 atom stereocenters. The molecule has 188 valence electrons. The number of carbonyl (C=O) groups excluding carboxylic acids is 1. The molecular weight excluding hydrogens is 504 g/mol. The Morgan fingerprint density at radius 2 is 2.03 bits per heavy atom. The van der Waals surface area contributed by atoms with E-state index in [0.717, 1.165) is 30.2 Å². The molecule has 0 unspecified atom stereocenters. The Labute approximate surface area is 213 Å². The maximum Gasteiger partial charge on any atom is 0.280 e. The van der Waals surface area contributed by atoms with E-state index in [9.17, 15) is 13.6 Å². The van der Waals surface area contributed by atoms with Gasteiger partial charge in [-0.1, -0.05) is 17.3 Å². The number of anilines is 1. The third-order valence-electron chi connectivity index (χ3n) is 5.25. The van der Waals surface area contributed by atoms with E-state index in [4.69, 9.17) is 9.47 Å². The molecule has 4 heterocycles. The number of amides is 1. The van der Waals surface area contributed by atoms with Gasteiger partial charge in [-0.15, -0.1) is 15.3 Å². The van der Waals surface area contributed by atoms with E-state index in [2.05, 4.69) is 42.4 Å². The third-order valence-corrected chi connectivity index (χ3v) is 6.00. The summed E-state index contributed by atoms with van der Waals surface area (Å²) in [6.07, 6.45) is 3.47. The quantitative estimate of drug-likeness (QED) is 0.353. The number of hydrogen-bond donors (Lipinski definition) is 1. The largest absolute Gasteiger partial charge is 0.494 e. The van der Waals surface area contributed by atoms with Crippen molar-refractivity contribution >= 4 is 22.4 Å². The molecule has 1 fully saturated rings. The van der Waals surface area contributed by atoms with Gasteiger partial charge in [0.15, 0.2) is 5.01 Å². The molecule has 5 rings (SSSR count). The molecule has 1 amide bonds. The first-order valence-corrected chi connectivity index (χ1v) is 11.9. The van der Waals surface area contributed by atoms with Crippen molar-refractivity contribution in [1.29, 1.82) is 0 Å². The lowest BCUT2D eigenvalue weighted by Gasteiger charge is -2.14. The molecule has 1 N–H and O–H groups in total. The molecule has 0 aliphatic heterocycles. The number of aromatic nitrogens is 6. The fourth-order valence-corrected chi connectivity index (χ4v) is 3.88. The molecule has 0 bridgehead atoms. The van der Waals surface area contributed by atoms with Crippen LogP contribution < -0.4 is 14.8 Å². The summed E-state index contributed by atoms with van der Waals surface area (Å²) in [4.78, 5) is 21.2. The lowest BCUT2D eigenvalue weighted by molar-refractivity contribution is 0.102. The van der Waals surface area contributed by atoms with Crippen LogP contribution in [0.3, 0.4) is 0 Å². The highest BCUT2D eigenvalue weighted by Gasteiger charge is 2.22. The minimum absolute atomic E-state index is 0.0684. The first-order chi connectivity index (χ1) is 17.9. The van der Waals surface area contributed by atoms with E-state index in [-0.39, 0.29) is 39.3 Å². The SMILES string of the molecule is COc1cnc(C(F)F)cc1-c1cc(Oc2ccn(C)n2)ncc1C(=O)Nc1nnc(C#CC2CC2)s1. The van der Waals surface area contributed by atoms with Crippen LogP contribution in [-0.2, 0) is 7.05 Å². The number of ether oxygens (including phenoxy) is 2. The summed E-state index contributed by atoms with van der Waals surface area (Å²) >= 11 is 1.13. The standard InChI is InChI=1S/C24H19F2N7O3S/c1-33-8-7-19(32-33)36-20-10-14(15-9-17(22(25)26)27-12-18(15)35-2)16(11-28-20)23(34)29-24-31-30-21(37-24)6-5-13-3-4-13/h7-13,22H,3-4H2,1-2H3,(H,29,31,34). The zero-order valence-electron chi connectivity index (χ0n) is 19.6. The summed E-state index contributed by atoms with van der Waals surface area (Å²) < 4.78 is 39.6. The maximum atomic E-state index is 13.5. The van der Waals surface area contributed by atoms with E-state index < -0.39 is 18.0 Å². The number of methoxy groups -OCH3 is 1. The van der Waals surface area contributed by atoms with E-state index in [1.165, 1.54) is 25.6 Å². The molecule has 1 aliphatic rings. The molecule has 37 heavy (non-hydrogen) atoms. The van der Waals surface area contributed by atoms with Gasteiger partial charge < -0.3 is 9.47 Å². The topological polar surface area (TPSA) is 117 Å². The number of nitrogens with one attached hydrogen (secondary N) is 1. The van der Waals surface area contributed by atoms with Crippen LogP contribution >= 0.6 is 11.3 Å². The van der Waals surface area contributed by atoms with Crippen molar-refractivity contribution in [2.45, 2.75) is 19.3 Å². The molecule has 0 aromatic carbocycles. The maximum absolute atomic E-state index is 13.5. The minimum Gasteiger partial charge on any atom is -0.494 e. The van der Waals surface area contributed by atoms with Crippen molar-refractivity contribution in [3.05, 3.63) is 53.1 Å². The van der Waals surface area contributed by atoms with Crippen molar-refractivity contribution in [2.24, 2.45) is 13.0 Å². The molecule has 0 spiro atoms. The molecule has 1 saturated carbocycles. The van der Waals surface area contributed by atoms with Gasteiger partial charge in [-0.2, -0.15) is 0 Å².